The van der Waals surface area contributed by atoms with Crippen LogP contribution in [0.5, 0.6) is 0 Å². The predicted octanol–water partition coefficient (Wildman–Crippen LogP) is 2.82. The fourth-order valence-electron chi connectivity index (χ4n) is 0.978. The summed E-state index contributed by atoms with van der Waals surface area (Å²) < 4.78 is 47.9. The molecule has 16 heavy (non-hydrogen) atoms. The average molecular weight is 295 g/mol. The summed E-state index contributed by atoms with van der Waals surface area (Å²) in [5, 5.41) is -2.12. The van der Waals surface area contributed by atoms with Gasteiger partial charge in [-0.05, 0) is 12.1 Å². The zero-order valence-corrected chi connectivity index (χ0v) is 9.70. The summed E-state index contributed by atoms with van der Waals surface area (Å²) in [6.45, 7) is 0. The Morgan fingerprint density at radius 2 is 1.62 bits per heavy atom. The molecule has 0 bridgehead atoms. The maximum Gasteiger partial charge on any atom is 0.417 e. The van der Waals surface area contributed by atoms with Gasteiger partial charge in [0.05, 0.1) is 20.9 Å². The highest BCUT2D eigenvalue weighted by Gasteiger charge is 2.36. The normalized spacial score (nSPS) is 12.9. The van der Waals surface area contributed by atoms with Crippen LogP contribution in [0.3, 0.4) is 0 Å². The van der Waals surface area contributed by atoms with E-state index in [1.807, 2.05) is 0 Å². The van der Waals surface area contributed by atoms with E-state index in [-0.39, 0.29) is 6.07 Å². The van der Waals surface area contributed by atoms with Crippen molar-refractivity contribution in [2.24, 2.45) is 0 Å². The molecule has 9 heteroatoms. The third kappa shape index (κ3) is 2.90. The van der Waals surface area contributed by atoms with E-state index in [1.54, 1.807) is 0 Å². The van der Waals surface area contributed by atoms with Gasteiger partial charge in [-0.15, -0.1) is 0 Å². The molecule has 3 nitrogen and oxygen atoms in total. The van der Waals surface area contributed by atoms with Crippen molar-refractivity contribution < 1.29 is 27.5 Å². The smallest absolute Gasteiger partial charge is 0.321 e. The van der Waals surface area contributed by atoms with Crippen LogP contribution in [-0.4, -0.2) is 9.79 Å². The number of alkyl halides is 3. The molecule has 0 saturated heterocycles. The monoisotopic (exact) mass is 294 g/mol. The van der Waals surface area contributed by atoms with Gasteiger partial charge in [-0.25, -0.2) is 0 Å². The van der Waals surface area contributed by atoms with Gasteiger partial charge < -0.3 is 9.79 Å². The Labute approximate surface area is 98.0 Å². The maximum atomic E-state index is 12.4. The highest BCUT2D eigenvalue weighted by molar-refractivity contribution is 7.60. The lowest BCUT2D eigenvalue weighted by atomic mass is 10.2. The van der Waals surface area contributed by atoms with Crippen molar-refractivity contribution in [2.75, 3.05) is 0 Å². The first-order chi connectivity index (χ1) is 7.03. The molecule has 0 aliphatic carbocycles. The van der Waals surface area contributed by atoms with Gasteiger partial charge in [-0.1, -0.05) is 23.2 Å². The van der Waals surface area contributed by atoms with Crippen LogP contribution in [0.15, 0.2) is 12.1 Å². The van der Waals surface area contributed by atoms with Crippen LogP contribution < -0.4 is 5.30 Å². The molecule has 0 spiro atoms. The summed E-state index contributed by atoms with van der Waals surface area (Å²) in [5.41, 5.74) is -1.34. The van der Waals surface area contributed by atoms with E-state index >= 15 is 0 Å². The topological polar surface area (TPSA) is 57.5 Å². The molecule has 0 heterocycles. The van der Waals surface area contributed by atoms with E-state index in [9.17, 15) is 17.7 Å². The zero-order valence-electron chi connectivity index (χ0n) is 7.29. The van der Waals surface area contributed by atoms with Crippen LogP contribution in [0.2, 0.25) is 10.0 Å². The lowest BCUT2D eigenvalue weighted by Crippen LogP contribution is -2.13. The molecular weight excluding hydrogens is 291 g/mol. The first-order valence-corrected chi connectivity index (χ1v) is 6.02. The first kappa shape index (κ1) is 13.8. The average Bonchev–Trinajstić information content (AvgIpc) is 1.97. The van der Waals surface area contributed by atoms with Crippen molar-refractivity contribution in [1.82, 2.24) is 0 Å². The van der Waals surface area contributed by atoms with E-state index in [4.69, 9.17) is 33.0 Å². The van der Waals surface area contributed by atoms with Gasteiger partial charge in [0.25, 0.3) is 0 Å². The van der Waals surface area contributed by atoms with Gasteiger partial charge in [0.15, 0.2) is 0 Å². The van der Waals surface area contributed by atoms with Gasteiger partial charge in [0, 0.05) is 0 Å². The molecule has 0 aromatic heterocycles. The molecule has 0 saturated carbocycles. The Kier molecular flexibility index (Phi) is 3.62. The maximum absolute atomic E-state index is 12.4. The van der Waals surface area contributed by atoms with Crippen molar-refractivity contribution in [3.63, 3.8) is 0 Å². The fraction of sp³-hybridized carbons (Fsp3) is 0.143. The summed E-state index contributed by atoms with van der Waals surface area (Å²) in [6.07, 6.45) is -4.80. The minimum absolute atomic E-state index is 0.255. The molecule has 1 aromatic carbocycles. The Morgan fingerprint density at radius 1 is 1.12 bits per heavy atom. The molecule has 0 aliphatic heterocycles. The molecule has 0 atom stereocenters. The second-order valence-corrected chi connectivity index (χ2v) is 5.21. The van der Waals surface area contributed by atoms with E-state index < -0.39 is 34.7 Å². The highest BCUT2D eigenvalue weighted by Crippen LogP contribution is 2.41. The zero-order chi connectivity index (χ0) is 12.7. The van der Waals surface area contributed by atoms with E-state index in [2.05, 4.69) is 0 Å². The third-order valence-corrected chi connectivity index (χ3v) is 3.41. The van der Waals surface area contributed by atoms with Crippen molar-refractivity contribution in [1.29, 1.82) is 0 Å². The van der Waals surface area contributed by atoms with Crippen molar-refractivity contribution in [2.45, 2.75) is 6.18 Å². The van der Waals surface area contributed by atoms with E-state index in [0.717, 1.165) is 0 Å². The standard InChI is InChI=1S/C7H4Cl2F3O3P/c8-4-2-5(9)6(16(13,14)15)1-3(4)7(10,11)12/h1-2H,(H2,13,14,15). The fourth-order valence-corrected chi connectivity index (χ4v) is 2.44. The lowest BCUT2D eigenvalue weighted by molar-refractivity contribution is -0.137. The Balaban J connectivity index is 3.52. The summed E-state index contributed by atoms with van der Waals surface area (Å²) >= 11 is 10.7. The van der Waals surface area contributed by atoms with Crippen molar-refractivity contribution >= 4 is 36.1 Å². The van der Waals surface area contributed by atoms with Gasteiger partial charge in [0.1, 0.15) is 0 Å². The number of hydrogen-bond donors (Lipinski definition) is 2. The van der Waals surface area contributed by atoms with Crippen LogP contribution >= 0.6 is 30.8 Å². The third-order valence-electron chi connectivity index (χ3n) is 1.66. The Hall–Kier alpha value is -0.260. The molecule has 0 radical (unpaired) electrons. The Morgan fingerprint density at radius 3 is 2.00 bits per heavy atom. The largest absolute Gasteiger partial charge is 0.417 e. The molecule has 0 aliphatic rings. The van der Waals surface area contributed by atoms with Crippen LogP contribution in [0.25, 0.3) is 0 Å². The summed E-state index contributed by atoms with van der Waals surface area (Å²) in [5.74, 6) is 0. The lowest BCUT2D eigenvalue weighted by Gasteiger charge is -2.13. The molecule has 0 amide bonds. The summed E-state index contributed by atoms with van der Waals surface area (Å²) in [6, 6.07) is 0.909. The Bertz CT molecular complexity index is 469. The highest BCUT2D eigenvalue weighted by atomic mass is 35.5. The van der Waals surface area contributed by atoms with Gasteiger partial charge in [-0.3, -0.25) is 4.57 Å². The SMILES string of the molecule is O=P(O)(O)c1cc(C(F)(F)F)c(Cl)cc1Cl. The van der Waals surface area contributed by atoms with Crippen molar-refractivity contribution in [3.05, 3.63) is 27.7 Å². The molecule has 2 N–H and O–H groups in total. The summed E-state index contributed by atoms with van der Waals surface area (Å²) in [4.78, 5) is 17.5. The quantitative estimate of drug-likeness (QED) is 0.783. The molecular formula is C7H4Cl2F3O3P. The minimum atomic E-state index is -4.86. The van der Waals surface area contributed by atoms with Gasteiger partial charge in [0.2, 0.25) is 0 Å². The first-order valence-electron chi connectivity index (χ1n) is 3.66. The van der Waals surface area contributed by atoms with Gasteiger partial charge >= 0.3 is 13.8 Å². The minimum Gasteiger partial charge on any atom is -0.321 e. The van der Waals surface area contributed by atoms with Gasteiger partial charge in [-0.2, -0.15) is 13.2 Å². The van der Waals surface area contributed by atoms with Crippen LogP contribution in [0.1, 0.15) is 5.56 Å². The summed E-state index contributed by atoms with van der Waals surface area (Å²) in [7, 11) is -4.86. The molecule has 0 unspecified atom stereocenters. The second-order valence-electron chi connectivity index (χ2n) is 2.83. The van der Waals surface area contributed by atoms with Crippen LogP contribution in [0, 0.1) is 0 Å². The number of benzene rings is 1. The molecule has 1 aromatic rings. The molecule has 90 valence electrons. The predicted molar refractivity (Wildman–Crippen MR) is 53.1 cm³/mol. The number of halogens is 5. The molecule has 1 rings (SSSR count). The van der Waals surface area contributed by atoms with Crippen molar-refractivity contribution in [3.8, 4) is 0 Å². The number of rotatable bonds is 1. The molecule has 0 fully saturated rings. The van der Waals surface area contributed by atoms with Crippen LogP contribution in [-0.2, 0) is 10.7 Å². The second kappa shape index (κ2) is 4.20. The van der Waals surface area contributed by atoms with Crippen LogP contribution in [0.4, 0.5) is 13.2 Å². The number of hydrogen-bond acceptors (Lipinski definition) is 1. The van der Waals surface area contributed by atoms with E-state index in [0.29, 0.717) is 6.07 Å². The van der Waals surface area contributed by atoms with E-state index in [1.165, 1.54) is 0 Å².